The van der Waals surface area contributed by atoms with E-state index in [0.29, 0.717) is 0 Å². The maximum Gasteiger partial charge on any atom is 0.332 e. The van der Waals surface area contributed by atoms with Crippen molar-refractivity contribution in [3.63, 3.8) is 0 Å². The number of benzene rings is 1. The standard InChI is InChI=1S/C13H18N4O/c1-10-8-11(9-15-16-13(14)18)4-5-12(10)17-6-2-3-7-17/h4-5,8-9H,2-3,6-7H2,1H3,(H3,14,16,18)/b15-9+. The van der Waals surface area contributed by atoms with E-state index in [4.69, 9.17) is 5.73 Å². The predicted octanol–water partition coefficient (Wildman–Crippen LogP) is 1.60. The van der Waals surface area contributed by atoms with Crippen molar-refractivity contribution in [2.24, 2.45) is 10.8 Å². The third kappa shape index (κ3) is 3.00. The number of carbonyl (C=O) groups excluding carboxylic acids is 1. The van der Waals surface area contributed by atoms with Crippen LogP contribution in [0.1, 0.15) is 24.0 Å². The molecule has 3 N–H and O–H groups in total. The van der Waals surface area contributed by atoms with Crippen molar-refractivity contribution < 1.29 is 4.79 Å². The first-order valence-corrected chi connectivity index (χ1v) is 6.11. The number of nitrogens with zero attached hydrogens (tertiary/aromatic N) is 2. The number of hydrazone groups is 1. The van der Waals surface area contributed by atoms with Crippen LogP contribution in [0.5, 0.6) is 0 Å². The van der Waals surface area contributed by atoms with E-state index in [1.54, 1.807) is 6.21 Å². The average Bonchev–Trinajstić information content (AvgIpc) is 2.82. The summed E-state index contributed by atoms with van der Waals surface area (Å²) in [6, 6.07) is 5.50. The van der Waals surface area contributed by atoms with Crippen LogP contribution in [-0.4, -0.2) is 25.3 Å². The Morgan fingerprint density at radius 1 is 1.44 bits per heavy atom. The number of nitrogens with one attached hydrogen (secondary N) is 1. The Labute approximate surface area is 107 Å². The molecular formula is C13H18N4O. The highest BCUT2D eigenvalue weighted by atomic mass is 16.2. The first-order valence-electron chi connectivity index (χ1n) is 6.11. The van der Waals surface area contributed by atoms with Gasteiger partial charge in [0, 0.05) is 18.8 Å². The average molecular weight is 246 g/mol. The molecule has 0 bridgehead atoms. The van der Waals surface area contributed by atoms with E-state index in [1.165, 1.54) is 24.1 Å². The number of anilines is 1. The number of nitrogens with two attached hydrogens (primary N) is 1. The molecule has 1 heterocycles. The minimum absolute atomic E-state index is 0.656. The van der Waals surface area contributed by atoms with Crippen molar-refractivity contribution in [1.29, 1.82) is 0 Å². The van der Waals surface area contributed by atoms with Crippen molar-refractivity contribution in [2.45, 2.75) is 19.8 Å². The van der Waals surface area contributed by atoms with Crippen LogP contribution in [0.15, 0.2) is 23.3 Å². The second-order valence-electron chi connectivity index (χ2n) is 4.47. The third-order valence-corrected chi connectivity index (χ3v) is 3.06. The molecule has 5 nitrogen and oxygen atoms in total. The van der Waals surface area contributed by atoms with Gasteiger partial charge in [-0.1, -0.05) is 6.07 Å². The monoisotopic (exact) mass is 246 g/mol. The molecule has 1 aliphatic heterocycles. The van der Waals surface area contributed by atoms with E-state index < -0.39 is 6.03 Å². The summed E-state index contributed by atoms with van der Waals surface area (Å²) in [5, 5.41) is 3.75. The third-order valence-electron chi connectivity index (χ3n) is 3.06. The van der Waals surface area contributed by atoms with E-state index in [0.717, 1.165) is 18.7 Å². The SMILES string of the molecule is Cc1cc(/C=N/NC(N)=O)ccc1N1CCCC1. The Bertz CT molecular complexity index is 464. The van der Waals surface area contributed by atoms with Crippen LogP contribution >= 0.6 is 0 Å². The molecule has 0 atom stereocenters. The minimum Gasteiger partial charge on any atom is -0.371 e. The zero-order chi connectivity index (χ0) is 13.0. The molecule has 1 aromatic carbocycles. The van der Waals surface area contributed by atoms with Crippen molar-refractivity contribution in [3.8, 4) is 0 Å². The molecule has 1 fully saturated rings. The van der Waals surface area contributed by atoms with Crippen LogP contribution in [-0.2, 0) is 0 Å². The van der Waals surface area contributed by atoms with Crippen molar-refractivity contribution >= 4 is 17.9 Å². The predicted molar refractivity (Wildman–Crippen MR) is 72.9 cm³/mol. The van der Waals surface area contributed by atoms with E-state index >= 15 is 0 Å². The first kappa shape index (κ1) is 12.4. The molecule has 0 saturated carbocycles. The molecule has 0 spiro atoms. The fourth-order valence-corrected chi connectivity index (χ4v) is 2.24. The smallest absolute Gasteiger partial charge is 0.332 e. The van der Waals surface area contributed by atoms with Gasteiger partial charge in [0.25, 0.3) is 0 Å². The molecule has 18 heavy (non-hydrogen) atoms. The Hall–Kier alpha value is -2.04. The highest BCUT2D eigenvalue weighted by Gasteiger charge is 2.13. The summed E-state index contributed by atoms with van der Waals surface area (Å²) in [6.07, 6.45) is 4.13. The van der Waals surface area contributed by atoms with Gasteiger partial charge in [0.1, 0.15) is 0 Å². The molecule has 96 valence electrons. The number of amides is 2. The molecule has 2 amide bonds. The number of aryl methyl sites for hydroxylation is 1. The lowest BCUT2D eigenvalue weighted by Gasteiger charge is -2.20. The molecule has 2 rings (SSSR count). The van der Waals surface area contributed by atoms with E-state index in [9.17, 15) is 4.79 Å². The number of hydrogen-bond donors (Lipinski definition) is 2. The van der Waals surface area contributed by atoms with Crippen LogP contribution in [0.2, 0.25) is 0 Å². The summed E-state index contributed by atoms with van der Waals surface area (Å²) in [4.78, 5) is 12.9. The number of hydrogen-bond acceptors (Lipinski definition) is 3. The maximum atomic E-state index is 10.5. The van der Waals surface area contributed by atoms with Gasteiger partial charge in [0.15, 0.2) is 0 Å². The van der Waals surface area contributed by atoms with Gasteiger partial charge < -0.3 is 10.6 Å². The summed E-state index contributed by atoms with van der Waals surface area (Å²) in [7, 11) is 0. The normalized spacial score (nSPS) is 15.3. The van der Waals surface area contributed by atoms with Gasteiger partial charge in [-0.3, -0.25) is 0 Å². The lowest BCUT2D eigenvalue weighted by Crippen LogP contribution is -2.24. The molecule has 5 heteroatoms. The van der Waals surface area contributed by atoms with E-state index in [1.807, 2.05) is 6.07 Å². The second kappa shape index (κ2) is 5.53. The fourth-order valence-electron chi connectivity index (χ4n) is 2.24. The van der Waals surface area contributed by atoms with Crippen LogP contribution in [0, 0.1) is 6.92 Å². The molecule has 0 unspecified atom stereocenters. The summed E-state index contributed by atoms with van der Waals surface area (Å²) in [5.74, 6) is 0. The Kier molecular flexibility index (Phi) is 3.82. The molecule has 0 aliphatic carbocycles. The summed E-state index contributed by atoms with van der Waals surface area (Å²) >= 11 is 0. The largest absolute Gasteiger partial charge is 0.371 e. The molecule has 1 saturated heterocycles. The van der Waals surface area contributed by atoms with E-state index in [2.05, 4.69) is 34.5 Å². The van der Waals surface area contributed by atoms with Gasteiger partial charge in [0.2, 0.25) is 0 Å². The first-order chi connectivity index (χ1) is 8.66. The Balaban J connectivity index is 2.09. The van der Waals surface area contributed by atoms with E-state index in [-0.39, 0.29) is 0 Å². The lowest BCUT2D eigenvalue weighted by atomic mass is 10.1. The van der Waals surface area contributed by atoms with Gasteiger partial charge in [-0.25, -0.2) is 10.2 Å². The van der Waals surface area contributed by atoms with Crippen molar-refractivity contribution in [2.75, 3.05) is 18.0 Å². The molecule has 1 aliphatic rings. The van der Waals surface area contributed by atoms with Gasteiger partial charge >= 0.3 is 6.03 Å². The van der Waals surface area contributed by atoms with Crippen LogP contribution in [0.3, 0.4) is 0 Å². The van der Waals surface area contributed by atoms with Gasteiger partial charge in [-0.15, -0.1) is 0 Å². The van der Waals surface area contributed by atoms with Gasteiger partial charge in [0.05, 0.1) is 6.21 Å². The number of urea groups is 1. The number of rotatable bonds is 3. The minimum atomic E-state index is -0.656. The molecular weight excluding hydrogens is 228 g/mol. The van der Waals surface area contributed by atoms with Crippen molar-refractivity contribution in [3.05, 3.63) is 29.3 Å². The summed E-state index contributed by atoms with van der Waals surface area (Å²) in [6.45, 7) is 4.36. The van der Waals surface area contributed by atoms with Crippen LogP contribution < -0.4 is 16.1 Å². The highest BCUT2D eigenvalue weighted by molar-refractivity contribution is 5.82. The molecule has 0 radical (unpaired) electrons. The summed E-state index contributed by atoms with van der Waals surface area (Å²) < 4.78 is 0. The van der Waals surface area contributed by atoms with Crippen LogP contribution in [0.4, 0.5) is 10.5 Å². The Morgan fingerprint density at radius 3 is 2.78 bits per heavy atom. The highest BCUT2D eigenvalue weighted by Crippen LogP contribution is 2.24. The molecule has 1 aromatic rings. The quantitative estimate of drug-likeness (QED) is 0.628. The Morgan fingerprint density at radius 2 is 2.17 bits per heavy atom. The van der Waals surface area contributed by atoms with Gasteiger partial charge in [-0.05, 0) is 43.0 Å². The number of primary amides is 1. The summed E-state index contributed by atoms with van der Waals surface area (Å²) in [5.41, 5.74) is 10.6. The zero-order valence-electron chi connectivity index (χ0n) is 10.5. The van der Waals surface area contributed by atoms with Crippen LogP contribution in [0.25, 0.3) is 0 Å². The zero-order valence-corrected chi connectivity index (χ0v) is 10.5. The fraction of sp³-hybridized carbons (Fsp3) is 0.385. The topological polar surface area (TPSA) is 70.7 Å². The van der Waals surface area contributed by atoms with Gasteiger partial charge in [-0.2, -0.15) is 5.10 Å². The molecule has 0 aromatic heterocycles. The second-order valence-corrected chi connectivity index (χ2v) is 4.47. The number of carbonyl (C=O) groups is 1. The lowest BCUT2D eigenvalue weighted by molar-refractivity contribution is 0.249. The van der Waals surface area contributed by atoms with Crippen molar-refractivity contribution in [1.82, 2.24) is 5.43 Å². The maximum absolute atomic E-state index is 10.5.